The van der Waals surface area contributed by atoms with Gasteiger partial charge in [0.1, 0.15) is 30.2 Å². The Balaban J connectivity index is 0.703. The van der Waals surface area contributed by atoms with E-state index < -0.39 is 64.7 Å². The molecule has 0 aromatic heterocycles. The Morgan fingerprint density at radius 3 is 1.39 bits per heavy atom. The van der Waals surface area contributed by atoms with Crippen molar-refractivity contribution in [3.05, 3.63) is 48.6 Å². The molecule has 20 nitrogen and oxygen atoms in total. The molecule has 0 aromatic carbocycles. The number of carbonyl (C=O) groups excluding carboxylic acids is 8. The average Bonchev–Trinajstić information content (AvgIpc) is 4.20. The SMILES string of the molecule is CC(CCN1C(=O)C2C3C=CC(COCC(O)COCOCC(O)COCC45C=CC(O4)C4C(=O)N(CC(C)(C)CC(C)CCN6C(=O)C=CC6=O)C(=O)C45)(O3)C2C1=O)CC(C)(C)CN1C(=O)C=CC1=O. The molecule has 8 amide bonds. The summed E-state index contributed by atoms with van der Waals surface area (Å²) in [5.74, 6) is -5.22. The molecule has 2 N–H and O–H groups in total. The number of aliphatic hydroxyl groups is 2. The number of aliphatic hydroxyl groups excluding tert-OH is 2. The number of amides is 8. The maximum absolute atomic E-state index is 13.9. The van der Waals surface area contributed by atoms with E-state index in [4.69, 9.17) is 28.4 Å². The highest BCUT2D eigenvalue weighted by Gasteiger charge is 2.69. The minimum atomic E-state index is -1.16. The van der Waals surface area contributed by atoms with E-state index in [2.05, 4.69) is 0 Å². The van der Waals surface area contributed by atoms with Crippen LogP contribution < -0.4 is 0 Å². The molecule has 0 spiro atoms. The van der Waals surface area contributed by atoms with Gasteiger partial charge < -0.3 is 38.6 Å². The second-order valence-electron chi connectivity index (χ2n) is 22.4. The number of fused-ring (bicyclic) bond motifs is 10. The number of imide groups is 4. The second kappa shape index (κ2) is 20.6. The van der Waals surface area contributed by atoms with Gasteiger partial charge in [0, 0.05) is 50.5 Å². The maximum Gasteiger partial charge on any atom is 0.253 e. The molecule has 0 aliphatic carbocycles. The Morgan fingerprint density at radius 2 is 0.930 bits per heavy atom. The third-order valence-electron chi connectivity index (χ3n) is 15.0. The van der Waals surface area contributed by atoms with Gasteiger partial charge in [-0.3, -0.25) is 58.0 Å². The third-order valence-corrected chi connectivity index (χ3v) is 15.0. The number of carbonyl (C=O) groups is 8. The first-order chi connectivity index (χ1) is 33.5. The molecule has 12 unspecified atom stereocenters. The van der Waals surface area contributed by atoms with Crippen LogP contribution in [0.15, 0.2) is 48.6 Å². The summed E-state index contributed by atoms with van der Waals surface area (Å²) in [4.78, 5) is 108. The van der Waals surface area contributed by atoms with Crippen molar-refractivity contribution in [1.29, 1.82) is 0 Å². The van der Waals surface area contributed by atoms with Crippen LogP contribution in [0.1, 0.15) is 67.2 Å². The Kier molecular flexibility index (Phi) is 15.2. The Bertz CT molecular complexity index is 2240. The van der Waals surface area contributed by atoms with Crippen LogP contribution in [0, 0.1) is 46.3 Å². The zero-order valence-electron chi connectivity index (χ0n) is 41.4. The summed E-state index contributed by atoms with van der Waals surface area (Å²) in [6.07, 6.45) is 11.3. The average molecular weight is 993 g/mol. The molecule has 71 heavy (non-hydrogen) atoms. The zero-order chi connectivity index (χ0) is 51.2. The van der Waals surface area contributed by atoms with Gasteiger partial charge in [0.25, 0.3) is 23.6 Å². The molecule has 4 bridgehead atoms. The fourth-order valence-electron chi connectivity index (χ4n) is 12.1. The lowest BCUT2D eigenvalue weighted by Gasteiger charge is -2.33. The topological polar surface area (TPSA) is 245 Å². The van der Waals surface area contributed by atoms with Crippen molar-refractivity contribution in [2.24, 2.45) is 46.3 Å². The van der Waals surface area contributed by atoms with E-state index in [1.54, 1.807) is 24.3 Å². The molecule has 12 atom stereocenters. The van der Waals surface area contributed by atoms with Crippen molar-refractivity contribution in [1.82, 2.24) is 19.6 Å². The van der Waals surface area contributed by atoms with E-state index >= 15 is 0 Å². The lowest BCUT2D eigenvalue weighted by atomic mass is 9.77. The predicted molar refractivity (Wildman–Crippen MR) is 247 cm³/mol. The van der Waals surface area contributed by atoms with Crippen LogP contribution in [0.25, 0.3) is 0 Å². The first-order valence-electron chi connectivity index (χ1n) is 24.7. The van der Waals surface area contributed by atoms with Crippen molar-refractivity contribution in [3.63, 3.8) is 0 Å². The largest absolute Gasteiger partial charge is 0.388 e. The van der Waals surface area contributed by atoms with E-state index in [0.29, 0.717) is 32.2 Å². The van der Waals surface area contributed by atoms with Crippen LogP contribution in [-0.2, 0) is 66.8 Å². The fraction of sp³-hybridized carbons (Fsp3) is 0.686. The van der Waals surface area contributed by atoms with Gasteiger partial charge in [-0.25, -0.2) is 0 Å². The first-order valence-corrected chi connectivity index (χ1v) is 24.7. The van der Waals surface area contributed by atoms with Gasteiger partial charge in [0.15, 0.2) is 0 Å². The lowest BCUT2D eigenvalue weighted by molar-refractivity contribution is -0.149. The van der Waals surface area contributed by atoms with E-state index in [-0.39, 0.29) is 131 Å². The van der Waals surface area contributed by atoms with Gasteiger partial charge in [0.05, 0.1) is 75.5 Å². The summed E-state index contributed by atoms with van der Waals surface area (Å²) in [6, 6.07) is 0. The summed E-state index contributed by atoms with van der Waals surface area (Å²) < 4.78 is 34.9. The maximum atomic E-state index is 13.9. The zero-order valence-corrected chi connectivity index (χ0v) is 41.4. The van der Waals surface area contributed by atoms with Crippen molar-refractivity contribution in [2.75, 3.05) is 72.6 Å². The van der Waals surface area contributed by atoms with Gasteiger partial charge in [0.2, 0.25) is 23.6 Å². The molecule has 8 heterocycles. The molecule has 8 aliphatic heterocycles. The van der Waals surface area contributed by atoms with Crippen LogP contribution in [-0.4, -0.2) is 185 Å². The molecule has 0 radical (unpaired) electrons. The third kappa shape index (κ3) is 10.8. The number of rotatable bonds is 28. The molecule has 388 valence electrons. The molecule has 0 saturated carbocycles. The number of hydrogen-bond acceptors (Lipinski definition) is 16. The Morgan fingerprint density at radius 1 is 0.549 bits per heavy atom. The summed E-state index contributed by atoms with van der Waals surface area (Å²) >= 11 is 0. The standard InChI is InChI=1S/C51H68N4O16/c1-30(13-17-52-36(58)7-8-37(52)59)20-49(5,6)26-55-45(63)41-35-12-16-51(71-35,43(41)47(55)65)28-67-22-33(57)24-69-29-68-23-32(56)21-66-27-50-15-11-34(70-50)40-42(50)46(64)53(44(40)62)18-14-31(2)19-48(3,4)25-54-38(60)9-10-39(54)61/h7-12,15-16,30-35,40-43,56-57H,13-14,17-29H2,1-6H3. The summed E-state index contributed by atoms with van der Waals surface area (Å²) in [5.41, 5.74) is -3.14. The van der Waals surface area contributed by atoms with E-state index in [0.717, 1.165) is 0 Å². The predicted octanol–water partition coefficient (Wildman–Crippen LogP) is 1.08. The summed E-state index contributed by atoms with van der Waals surface area (Å²) in [5, 5.41) is 21.2. The molecular formula is C51H68N4O16. The lowest BCUT2D eigenvalue weighted by Crippen LogP contribution is -2.46. The Hall–Kier alpha value is -4.80. The van der Waals surface area contributed by atoms with Crippen molar-refractivity contribution in [3.8, 4) is 0 Å². The first kappa shape index (κ1) is 52.5. The fourth-order valence-corrected chi connectivity index (χ4v) is 12.1. The summed E-state index contributed by atoms with van der Waals surface area (Å²) in [7, 11) is 0. The molecule has 4 fully saturated rings. The Labute approximate surface area is 413 Å². The van der Waals surface area contributed by atoms with Gasteiger partial charge >= 0.3 is 0 Å². The second-order valence-corrected chi connectivity index (χ2v) is 22.4. The van der Waals surface area contributed by atoms with E-state index in [1.807, 2.05) is 41.5 Å². The number of nitrogens with zero attached hydrogens (tertiary/aromatic N) is 4. The van der Waals surface area contributed by atoms with Crippen molar-refractivity contribution >= 4 is 47.3 Å². The van der Waals surface area contributed by atoms with Gasteiger partial charge in [-0.1, -0.05) is 65.8 Å². The van der Waals surface area contributed by atoms with Crippen LogP contribution >= 0.6 is 0 Å². The normalized spacial score (nSPS) is 31.3. The minimum Gasteiger partial charge on any atom is -0.388 e. The molecule has 8 rings (SSSR count). The number of likely N-dealkylation sites (tertiary alicyclic amines) is 2. The van der Waals surface area contributed by atoms with Gasteiger partial charge in [-0.15, -0.1) is 0 Å². The monoisotopic (exact) mass is 992 g/mol. The molecule has 20 heteroatoms. The van der Waals surface area contributed by atoms with Crippen LogP contribution in [0.5, 0.6) is 0 Å². The number of ether oxygens (including phenoxy) is 6. The van der Waals surface area contributed by atoms with Crippen molar-refractivity contribution < 1.29 is 77.0 Å². The smallest absolute Gasteiger partial charge is 0.253 e. The highest BCUT2D eigenvalue weighted by molar-refractivity contribution is 6.13. The summed E-state index contributed by atoms with van der Waals surface area (Å²) in [6.45, 7) is 11.9. The van der Waals surface area contributed by atoms with Crippen LogP contribution in [0.2, 0.25) is 0 Å². The van der Waals surface area contributed by atoms with E-state index in [1.165, 1.54) is 43.9 Å². The minimum absolute atomic E-state index is 0.0692. The molecule has 8 aliphatic rings. The van der Waals surface area contributed by atoms with Crippen molar-refractivity contribution in [2.45, 2.75) is 103 Å². The highest BCUT2D eigenvalue weighted by atomic mass is 16.7. The molecular weight excluding hydrogens is 925 g/mol. The van der Waals surface area contributed by atoms with E-state index in [9.17, 15) is 48.6 Å². The molecule has 4 saturated heterocycles. The quantitative estimate of drug-likeness (QED) is 0.0482. The van der Waals surface area contributed by atoms with Gasteiger partial charge in [-0.2, -0.15) is 0 Å². The number of hydrogen-bond donors (Lipinski definition) is 2. The van der Waals surface area contributed by atoms with Gasteiger partial charge in [-0.05, 0) is 48.3 Å². The molecule has 0 aromatic rings. The highest BCUT2D eigenvalue weighted by Crippen LogP contribution is 2.54. The van der Waals surface area contributed by atoms with Crippen LogP contribution in [0.4, 0.5) is 0 Å². The van der Waals surface area contributed by atoms with Crippen LogP contribution in [0.3, 0.4) is 0 Å².